The molecule has 39 heavy (non-hydrogen) atoms. The highest BCUT2D eigenvalue weighted by molar-refractivity contribution is 6.37. The summed E-state index contributed by atoms with van der Waals surface area (Å²) in [5.41, 5.74) is -0.840. The van der Waals surface area contributed by atoms with E-state index in [4.69, 9.17) is 14.2 Å². The molecule has 0 radical (unpaired) electrons. The van der Waals surface area contributed by atoms with Gasteiger partial charge in [-0.2, -0.15) is 0 Å². The van der Waals surface area contributed by atoms with E-state index >= 15 is 0 Å². The van der Waals surface area contributed by atoms with Crippen LogP contribution in [0.5, 0.6) is 5.75 Å². The summed E-state index contributed by atoms with van der Waals surface area (Å²) in [6.45, 7) is 1.89. The number of benzene rings is 3. The van der Waals surface area contributed by atoms with Gasteiger partial charge >= 0.3 is 5.97 Å². The van der Waals surface area contributed by atoms with E-state index in [1.807, 2.05) is 0 Å². The molecule has 2 saturated heterocycles. The van der Waals surface area contributed by atoms with Gasteiger partial charge in [-0.15, -0.1) is 0 Å². The quantitative estimate of drug-likeness (QED) is 0.282. The summed E-state index contributed by atoms with van der Waals surface area (Å²) >= 11 is 0. The highest BCUT2D eigenvalue weighted by Gasteiger charge is 2.74. The lowest BCUT2D eigenvalue weighted by Gasteiger charge is -2.27. The molecule has 2 aliphatic heterocycles. The summed E-state index contributed by atoms with van der Waals surface area (Å²) in [5, 5.41) is 0. The van der Waals surface area contributed by atoms with Gasteiger partial charge in [0, 0.05) is 11.1 Å². The van der Waals surface area contributed by atoms with Crippen molar-refractivity contribution in [1.82, 2.24) is 0 Å². The van der Waals surface area contributed by atoms with Gasteiger partial charge in [0.2, 0.25) is 29.0 Å². The van der Waals surface area contributed by atoms with Gasteiger partial charge in [-0.3, -0.25) is 19.2 Å². The number of amides is 2. The first-order valence-corrected chi connectivity index (χ1v) is 12.5. The van der Waals surface area contributed by atoms with Crippen molar-refractivity contribution in [3.63, 3.8) is 0 Å². The first-order valence-electron chi connectivity index (χ1n) is 12.5. The molecule has 0 unspecified atom stereocenters. The molecule has 3 aromatic rings. The maximum Gasteiger partial charge on any atom is 0.338 e. The van der Waals surface area contributed by atoms with Crippen LogP contribution in [0.3, 0.4) is 0 Å². The number of carbonyl (C=O) groups is 5. The maximum atomic E-state index is 14.0. The SMILES string of the molecule is CCOC(=O)c1ccc(N2C(=O)[C@@H]3[C@@H](c4ccc(OC)cc4)OC4(C(=O)c5ccccc5C4=O)[C@@H]3C2=O)cc1. The minimum atomic E-state index is -2.16. The molecule has 0 N–H and O–H groups in total. The van der Waals surface area contributed by atoms with Crippen LogP contribution in [0.1, 0.15) is 49.7 Å². The van der Waals surface area contributed by atoms with E-state index in [0.717, 1.165) is 4.90 Å². The van der Waals surface area contributed by atoms with Crippen LogP contribution in [0.2, 0.25) is 0 Å². The maximum absolute atomic E-state index is 14.0. The van der Waals surface area contributed by atoms with E-state index in [0.29, 0.717) is 11.3 Å². The standard InChI is InChI=1S/C30H23NO8/c1-3-38-29(36)17-8-12-18(13-9-17)31-27(34)22-23(28(31)35)30(25(32)20-6-4-5-7-21(20)26(30)33)39-24(22)16-10-14-19(37-2)15-11-16/h4-15,22-24H,3H2,1-2H3/t22-,23-,24+/m0/s1. The lowest BCUT2D eigenvalue weighted by atomic mass is 9.77. The Hall–Kier alpha value is -4.63. The van der Waals surface area contributed by atoms with E-state index in [9.17, 15) is 24.0 Å². The van der Waals surface area contributed by atoms with Crippen molar-refractivity contribution in [1.29, 1.82) is 0 Å². The van der Waals surface area contributed by atoms with Gasteiger partial charge in [-0.05, 0) is 48.9 Å². The summed E-state index contributed by atoms with van der Waals surface area (Å²) in [7, 11) is 1.52. The Balaban J connectivity index is 1.46. The molecule has 2 fully saturated rings. The number of anilines is 1. The fourth-order valence-corrected chi connectivity index (χ4v) is 5.83. The second-order valence-corrected chi connectivity index (χ2v) is 9.53. The molecule has 9 nitrogen and oxygen atoms in total. The molecule has 3 atom stereocenters. The molecule has 9 heteroatoms. The molecule has 3 aliphatic rings. The third-order valence-electron chi connectivity index (χ3n) is 7.60. The largest absolute Gasteiger partial charge is 0.497 e. The van der Waals surface area contributed by atoms with Gasteiger partial charge in [0.25, 0.3) is 0 Å². The number of esters is 1. The highest BCUT2D eigenvalue weighted by atomic mass is 16.5. The van der Waals surface area contributed by atoms with Gasteiger partial charge in [-0.25, -0.2) is 9.69 Å². The van der Waals surface area contributed by atoms with Crippen molar-refractivity contribution in [3.05, 3.63) is 95.1 Å². The number of hydrogen-bond acceptors (Lipinski definition) is 8. The van der Waals surface area contributed by atoms with Crippen molar-refractivity contribution in [3.8, 4) is 5.75 Å². The Labute approximate surface area is 223 Å². The van der Waals surface area contributed by atoms with Gasteiger partial charge < -0.3 is 14.2 Å². The van der Waals surface area contributed by atoms with Crippen molar-refractivity contribution < 1.29 is 38.2 Å². The molecular weight excluding hydrogens is 502 g/mol. The summed E-state index contributed by atoms with van der Waals surface area (Å²) < 4.78 is 16.5. The second-order valence-electron chi connectivity index (χ2n) is 9.53. The van der Waals surface area contributed by atoms with Gasteiger partial charge in [0.05, 0.1) is 42.9 Å². The van der Waals surface area contributed by atoms with Gasteiger partial charge in [-0.1, -0.05) is 36.4 Å². The normalized spacial score (nSPS) is 22.8. The predicted octanol–water partition coefficient (Wildman–Crippen LogP) is 3.57. The number of hydrogen-bond donors (Lipinski definition) is 0. The van der Waals surface area contributed by atoms with Crippen LogP contribution in [-0.4, -0.2) is 48.7 Å². The Morgan fingerprint density at radius 3 is 2.05 bits per heavy atom. The van der Waals surface area contributed by atoms with Crippen molar-refractivity contribution in [2.24, 2.45) is 11.8 Å². The van der Waals surface area contributed by atoms with E-state index < -0.39 is 52.9 Å². The molecule has 1 spiro atoms. The topological polar surface area (TPSA) is 116 Å². The number of ether oxygens (including phenoxy) is 3. The number of ketones is 2. The van der Waals surface area contributed by atoms with Crippen LogP contribution < -0.4 is 9.64 Å². The molecule has 1 aliphatic carbocycles. The third-order valence-corrected chi connectivity index (χ3v) is 7.60. The zero-order chi connectivity index (χ0) is 27.5. The summed E-state index contributed by atoms with van der Waals surface area (Å²) in [6, 6.07) is 18.9. The zero-order valence-electron chi connectivity index (χ0n) is 21.1. The number of methoxy groups -OCH3 is 1. The molecule has 0 aromatic heterocycles. The van der Waals surface area contributed by atoms with E-state index in [1.165, 1.54) is 43.5 Å². The minimum Gasteiger partial charge on any atom is -0.497 e. The average molecular weight is 526 g/mol. The van der Waals surface area contributed by atoms with Crippen LogP contribution in [-0.2, 0) is 19.1 Å². The highest BCUT2D eigenvalue weighted by Crippen LogP contribution is 2.57. The number of fused-ring (bicyclic) bond motifs is 3. The molecule has 6 rings (SSSR count). The number of carbonyl (C=O) groups excluding carboxylic acids is 5. The smallest absolute Gasteiger partial charge is 0.338 e. The Bertz CT molecular complexity index is 1510. The van der Waals surface area contributed by atoms with Crippen LogP contribution in [0.4, 0.5) is 5.69 Å². The van der Waals surface area contributed by atoms with E-state index in [2.05, 4.69) is 0 Å². The molecular formula is C30H23NO8. The predicted molar refractivity (Wildman–Crippen MR) is 137 cm³/mol. The van der Waals surface area contributed by atoms with E-state index in [-0.39, 0.29) is 29.0 Å². The molecule has 0 bridgehead atoms. The van der Waals surface area contributed by atoms with Crippen LogP contribution >= 0.6 is 0 Å². The summed E-state index contributed by atoms with van der Waals surface area (Å²) in [4.78, 5) is 68.7. The van der Waals surface area contributed by atoms with Crippen molar-refractivity contribution in [2.45, 2.75) is 18.6 Å². The lowest BCUT2D eigenvalue weighted by molar-refractivity contribution is -0.127. The first kappa shape index (κ1) is 24.7. The van der Waals surface area contributed by atoms with Gasteiger partial charge in [0.1, 0.15) is 5.75 Å². The van der Waals surface area contributed by atoms with Crippen LogP contribution in [0, 0.1) is 11.8 Å². The first-order chi connectivity index (χ1) is 18.8. The fraction of sp³-hybridized carbons (Fsp3) is 0.233. The van der Waals surface area contributed by atoms with Gasteiger partial charge in [0.15, 0.2) is 0 Å². The van der Waals surface area contributed by atoms with Crippen molar-refractivity contribution >= 4 is 35.0 Å². The lowest BCUT2D eigenvalue weighted by Crippen LogP contribution is -2.51. The number of nitrogens with zero attached hydrogens (tertiary/aromatic N) is 1. The number of Topliss-reactive ketones (excluding diaryl/α,β-unsaturated/α-hetero) is 2. The molecule has 3 aromatic carbocycles. The fourth-order valence-electron chi connectivity index (χ4n) is 5.83. The minimum absolute atomic E-state index is 0.161. The van der Waals surface area contributed by atoms with Crippen molar-refractivity contribution in [2.75, 3.05) is 18.6 Å². The number of rotatable bonds is 5. The Morgan fingerprint density at radius 2 is 1.49 bits per heavy atom. The third kappa shape index (κ3) is 3.39. The van der Waals surface area contributed by atoms with E-state index in [1.54, 1.807) is 43.3 Å². The monoisotopic (exact) mass is 525 g/mol. The summed E-state index contributed by atoms with van der Waals surface area (Å²) in [6.07, 6.45) is -1.04. The molecule has 2 heterocycles. The van der Waals surface area contributed by atoms with Crippen LogP contribution in [0.15, 0.2) is 72.8 Å². The number of imide groups is 1. The average Bonchev–Trinajstić information content (AvgIpc) is 3.53. The summed E-state index contributed by atoms with van der Waals surface area (Å²) in [5.74, 6) is -5.02. The molecule has 196 valence electrons. The Kier molecular flexibility index (Phi) is 5.69. The zero-order valence-corrected chi connectivity index (χ0v) is 21.1. The molecule has 0 saturated carbocycles. The van der Waals surface area contributed by atoms with Crippen LogP contribution in [0.25, 0.3) is 0 Å². The molecule has 2 amide bonds. The second kappa shape index (κ2) is 8.99. The Morgan fingerprint density at radius 1 is 0.872 bits per heavy atom.